The quantitative estimate of drug-likeness (QED) is 0.708. The van der Waals surface area contributed by atoms with Crippen LogP contribution in [0.5, 0.6) is 0 Å². The van der Waals surface area contributed by atoms with Crippen LogP contribution in [0.2, 0.25) is 0 Å². The van der Waals surface area contributed by atoms with Crippen LogP contribution in [0.4, 0.5) is 4.79 Å². The second-order valence-corrected chi connectivity index (χ2v) is 3.36. The molecule has 0 fully saturated rings. The molecule has 4 heteroatoms. The Morgan fingerprint density at radius 1 is 1.38 bits per heavy atom. The summed E-state index contributed by atoms with van der Waals surface area (Å²) in [6.45, 7) is 4.96. The van der Waals surface area contributed by atoms with Gasteiger partial charge in [-0.15, -0.1) is 0 Å². The minimum atomic E-state index is -0.345. The monoisotopic (exact) mass is 188 g/mol. The fraction of sp³-hybridized carbons (Fsp3) is 0.889. The molecular formula is C9H20N2O2. The van der Waals surface area contributed by atoms with E-state index in [1.807, 2.05) is 6.92 Å². The summed E-state index contributed by atoms with van der Waals surface area (Å²) in [5, 5.41) is 9.03. The maximum Gasteiger partial charge on any atom is 0.319 e. The number of aliphatic hydroxyl groups excluding tert-OH is 1. The van der Waals surface area contributed by atoms with E-state index in [0.717, 1.165) is 0 Å². The number of carbonyl (C=O) groups is 1. The third-order valence-electron chi connectivity index (χ3n) is 2.01. The highest BCUT2D eigenvalue weighted by Gasteiger charge is 2.12. The highest BCUT2D eigenvalue weighted by atomic mass is 16.3. The van der Waals surface area contributed by atoms with Gasteiger partial charge in [0.2, 0.25) is 0 Å². The highest BCUT2D eigenvalue weighted by Crippen LogP contribution is 1.97. The Morgan fingerprint density at radius 2 is 1.92 bits per heavy atom. The number of carbonyl (C=O) groups excluding carboxylic acids is 1. The number of hydrogen-bond donors (Lipinski definition) is 1. The van der Waals surface area contributed by atoms with Crippen molar-refractivity contribution in [1.82, 2.24) is 9.80 Å². The molecule has 0 aliphatic carbocycles. The van der Waals surface area contributed by atoms with Crippen LogP contribution in [-0.2, 0) is 0 Å². The predicted molar refractivity (Wildman–Crippen MR) is 52.6 cm³/mol. The molecule has 13 heavy (non-hydrogen) atoms. The Morgan fingerprint density at radius 3 is 2.31 bits per heavy atom. The molecule has 1 atom stereocenters. The Bertz CT molecular complexity index is 160. The third kappa shape index (κ3) is 4.72. The van der Waals surface area contributed by atoms with E-state index in [0.29, 0.717) is 19.5 Å². The van der Waals surface area contributed by atoms with Gasteiger partial charge in [0.05, 0.1) is 6.10 Å². The van der Waals surface area contributed by atoms with E-state index >= 15 is 0 Å². The largest absolute Gasteiger partial charge is 0.393 e. The predicted octanol–water partition coefficient (Wildman–Crippen LogP) is 0.761. The van der Waals surface area contributed by atoms with Gasteiger partial charge in [0.1, 0.15) is 0 Å². The number of hydrogen-bond acceptors (Lipinski definition) is 2. The Balaban J connectivity index is 3.82. The molecule has 0 radical (unpaired) electrons. The summed E-state index contributed by atoms with van der Waals surface area (Å²) >= 11 is 0. The minimum Gasteiger partial charge on any atom is -0.393 e. The molecule has 0 spiro atoms. The van der Waals surface area contributed by atoms with E-state index in [1.165, 1.54) is 0 Å². The summed E-state index contributed by atoms with van der Waals surface area (Å²) in [6, 6.07) is 0.00292. The van der Waals surface area contributed by atoms with Gasteiger partial charge < -0.3 is 14.9 Å². The molecule has 0 saturated carbocycles. The lowest BCUT2D eigenvalue weighted by molar-refractivity contribution is 0.150. The van der Waals surface area contributed by atoms with Crippen molar-refractivity contribution in [2.24, 2.45) is 0 Å². The average Bonchev–Trinajstić information content (AvgIpc) is 2.11. The van der Waals surface area contributed by atoms with E-state index in [2.05, 4.69) is 0 Å². The summed E-state index contributed by atoms with van der Waals surface area (Å²) in [6.07, 6.45) is 0.280. The van der Waals surface area contributed by atoms with Gasteiger partial charge in [-0.05, 0) is 20.3 Å². The second kappa shape index (κ2) is 5.80. The SMILES string of the molecule is CCN(C)C(=O)N(C)CCC(C)O. The van der Waals surface area contributed by atoms with E-state index in [1.54, 1.807) is 30.8 Å². The fourth-order valence-corrected chi connectivity index (χ4v) is 0.903. The van der Waals surface area contributed by atoms with Crippen molar-refractivity contribution < 1.29 is 9.90 Å². The summed E-state index contributed by atoms with van der Waals surface area (Å²) in [5.74, 6) is 0. The Labute approximate surface area is 80.1 Å². The summed E-state index contributed by atoms with van der Waals surface area (Å²) < 4.78 is 0. The number of urea groups is 1. The molecular weight excluding hydrogens is 168 g/mol. The van der Waals surface area contributed by atoms with Gasteiger partial charge in [0, 0.05) is 27.2 Å². The minimum absolute atomic E-state index is 0.00292. The zero-order valence-corrected chi connectivity index (χ0v) is 8.95. The van der Waals surface area contributed by atoms with Crippen LogP contribution < -0.4 is 0 Å². The maximum atomic E-state index is 11.5. The molecule has 1 unspecified atom stereocenters. The van der Waals surface area contributed by atoms with Crippen molar-refractivity contribution in [2.75, 3.05) is 27.2 Å². The molecule has 0 aromatic rings. The van der Waals surface area contributed by atoms with Crippen LogP contribution in [-0.4, -0.2) is 54.2 Å². The molecule has 0 aliphatic rings. The number of rotatable bonds is 4. The molecule has 0 aliphatic heterocycles. The number of nitrogens with zero attached hydrogens (tertiary/aromatic N) is 2. The van der Waals surface area contributed by atoms with Crippen molar-refractivity contribution in [3.8, 4) is 0 Å². The van der Waals surface area contributed by atoms with Crippen LogP contribution in [0.15, 0.2) is 0 Å². The second-order valence-electron chi connectivity index (χ2n) is 3.36. The number of amides is 2. The molecule has 0 heterocycles. The van der Waals surface area contributed by atoms with Crippen LogP contribution in [0.25, 0.3) is 0 Å². The van der Waals surface area contributed by atoms with Crippen LogP contribution in [0.1, 0.15) is 20.3 Å². The van der Waals surface area contributed by atoms with Crippen molar-refractivity contribution >= 4 is 6.03 Å². The number of aliphatic hydroxyl groups is 1. The van der Waals surface area contributed by atoms with Gasteiger partial charge in [-0.2, -0.15) is 0 Å². The first-order valence-electron chi connectivity index (χ1n) is 4.63. The van der Waals surface area contributed by atoms with E-state index in [-0.39, 0.29) is 12.1 Å². The molecule has 2 amide bonds. The van der Waals surface area contributed by atoms with Gasteiger partial charge in [0.15, 0.2) is 0 Å². The topological polar surface area (TPSA) is 43.8 Å². The van der Waals surface area contributed by atoms with Crippen LogP contribution in [0, 0.1) is 0 Å². The van der Waals surface area contributed by atoms with Gasteiger partial charge in [-0.1, -0.05) is 0 Å². The lowest BCUT2D eigenvalue weighted by Gasteiger charge is -2.24. The Hall–Kier alpha value is -0.770. The molecule has 4 nitrogen and oxygen atoms in total. The summed E-state index contributed by atoms with van der Waals surface area (Å²) in [4.78, 5) is 14.7. The average molecular weight is 188 g/mol. The highest BCUT2D eigenvalue weighted by molar-refractivity contribution is 5.73. The van der Waals surface area contributed by atoms with Gasteiger partial charge in [0.25, 0.3) is 0 Å². The van der Waals surface area contributed by atoms with E-state index in [4.69, 9.17) is 5.11 Å². The zero-order valence-electron chi connectivity index (χ0n) is 8.95. The normalized spacial score (nSPS) is 12.4. The zero-order chi connectivity index (χ0) is 10.4. The van der Waals surface area contributed by atoms with Crippen molar-refractivity contribution in [2.45, 2.75) is 26.4 Å². The van der Waals surface area contributed by atoms with E-state index in [9.17, 15) is 4.79 Å². The first kappa shape index (κ1) is 12.2. The molecule has 0 rings (SSSR count). The molecule has 0 aromatic carbocycles. The molecule has 78 valence electrons. The first-order chi connectivity index (χ1) is 5.99. The molecule has 0 aromatic heterocycles. The molecule has 0 bridgehead atoms. The summed E-state index contributed by atoms with van der Waals surface area (Å²) in [5.41, 5.74) is 0. The van der Waals surface area contributed by atoms with Crippen molar-refractivity contribution in [3.63, 3.8) is 0 Å². The van der Waals surface area contributed by atoms with Crippen LogP contribution in [0.3, 0.4) is 0 Å². The summed E-state index contributed by atoms with van der Waals surface area (Å²) in [7, 11) is 3.51. The lowest BCUT2D eigenvalue weighted by atomic mass is 10.3. The standard InChI is InChI=1S/C9H20N2O2/c1-5-10(3)9(13)11(4)7-6-8(2)12/h8,12H,5-7H2,1-4H3. The molecule has 0 saturated heterocycles. The first-order valence-corrected chi connectivity index (χ1v) is 4.63. The maximum absolute atomic E-state index is 11.5. The van der Waals surface area contributed by atoms with Crippen LogP contribution >= 0.6 is 0 Å². The van der Waals surface area contributed by atoms with Crippen molar-refractivity contribution in [3.05, 3.63) is 0 Å². The fourth-order valence-electron chi connectivity index (χ4n) is 0.903. The third-order valence-corrected chi connectivity index (χ3v) is 2.01. The van der Waals surface area contributed by atoms with Gasteiger partial charge in [-0.3, -0.25) is 0 Å². The van der Waals surface area contributed by atoms with E-state index < -0.39 is 0 Å². The molecule has 1 N–H and O–H groups in total. The Kier molecular flexibility index (Phi) is 5.46. The lowest BCUT2D eigenvalue weighted by Crippen LogP contribution is -2.39. The van der Waals surface area contributed by atoms with Gasteiger partial charge in [-0.25, -0.2) is 4.79 Å². The van der Waals surface area contributed by atoms with Gasteiger partial charge >= 0.3 is 6.03 Å². The van der Waals surface area contributed by atoms with Crippen molar-refractivity contribution in [1.29, 1.82) is 0 Å². The smallest absolute Gasteiger partial charge is 0.319 e.